The van der Waals surface area contributed by atoms with Gasteiger partial charge in [-0.3, -0.25) is 4.79 Å². The Morgan fingerprint density at radius 3 is 2.77 bits per heavy atom. The molecule has 1 aliphatic heterocycles. The quantitative estimate of drug-likeness (QED) is 0.944. The number of amides is 1. The summed E-state index contributed by atoms with van der Waals surface area (Å²) in [6.45, 7) is 6.02. The average Bonchev–Trinajstić information content (AvgIpc) is 2.46. The van der Waals surface area contributed by atoms with Crippen LogP contribution >= 0.6 is 11.6 Å². The van der Waals surface area contributed by atoms with Crippen LogP contribution in [0.15, 0.2) is 24.5 Å². The molecule has 3 atom stereocenters. The molecule has 1 saturated heterocycles. The van der Waals surface area contributed by atoms with E-state index in [1.165, 1.54) is 6.33 Å². The van der Waals surface area contributed by atoms with Crippen LogP contribution in [0.25, 0.3) is 10.9 Å². The van der Waals surface area contributed by atoms with Gasteiger partial charge in [0, 0.05) is 22.5 Å². The minimum Gasteiger partial charge on any atom is -0.358 e. The van der Waals surface area contributed by atoms with Gasteiger partial charge in [0.1, 0.15) is 18.2 Å². The number of fused-ring (bicyclic) bond motifs is 1. The van der Waals surface area contributed by atoms with E-state index in [4.69, 9.17) is 11.6 Å². The molecule has 6 heteroatoms. The molecule has 1 aromatic heterocycles. The minimum absolute atomic E-state index is 0.104. The molecule has 0 aliphatic carbocycles. The molecule has 1 N–H and O–H groups in total. The zero-order valence-electron chi connectivity index (χ0n) is 12.9. The van der Waals surface area contributed by atoms with Crippen LogP contribution in [-0.4, -0.2) is 38.9 Å². The summed E-state index contributed by atoms with van der Waals surface area (Å²) in [7, 11) is 0. The van der Waals surface area contributed by atoms with Crippen LogP contribution in [0.4, 0.5) is 5.82 Å². The Kier molecular flexibility index (Phi) is 3.91. The van der Waals surface area contributed by atoms with Crippen LogP contribution in [0.3, 0.4) is 0 Å². The van der Waals surface area contributed by atoms with Gasteiger partial charge in [0.05, 0.1) is 5.52 Å². The van der Waals surface area contributed by atoms with Crippen molar-refractivity contribution in [2.75, 3.05) is 5.32 Å². The van der Waals surface area contributed by atoms with Crippen molar-refractivity contribution in [1.82, 2.24) is 14.9 Å². The van der Waals surface area contributed by atoms with Gasteiger partial charge < -0.3 is 10.2 Å². The van der Waals surface area contributed by atoms with E-state index < -0.39 is 0 Å². The van der Waals surface area contributed by atoms with Gasteiger partial charge in [0.15, 0.2) is 0 Å². The number of likely N-dealkylation sites (tertiary alicyclic amines) is 1. The van der Waals surface area contributed by atoms with Crippen LogP contribution in [0.1, 0.15) is 27.2 Å². The van der Waals surface area contributed by atoms with Gasteiger partial charge in [-0.2, -0.15) is 0 Å². The first-order chi connectivity index (χ1) is 10.5. The van der Waals surface area contributed by atoms with Crippen molar-refractivity contribution in [2.24, 2.45) is 0 Å². The maximum atomic E-state index is 12.5. The van der Waals surface area contributed by atoms with Gasteiger partial charge in [0.2, 0.25) is 5.91 Å². The molecule has 116 valence electrons. The van der Waals surface area contributed by atoms with Gasteiger partial charge in [-0.15, -0.1) is 0 Å². The Labute approximate surface area is 134 Å². The first kappa shape index (κ1) is 15.0. The smallest absolute Gasteiger partial charge is 0.245 e. The Morgan fingerprint density at radius 1 is 1.36 bits per heavy atom. The molecule has 1 fully saturated rings. The number of hydrogen-bond acceptors (Lipinski definition) is 4. The number of aromatic nitrogens is 2. The highest BCUT2D eigenvalue weighted by Crippen LogP contribution is 2.27. The van der Waals surface area contributed by atoms with E-state index in [-0.39, 0.29) is 11.9 Å². The number of hydrogen-bond donors (Lipinski definition) is 1. The first-order valence-corrected chi connectivity index (χ1v) is 7.84. The van der Waals surface area contributed by atoms with Crippen molar-refractivity contribution in [3.05, 3.63) is 29.5 Å². The predicted molar refractivity (Wildman–Crippen MR) is 88.0 cm³/mol. The molecule has 2 aromatic rings. The SMILES string of the molecule is C[C@@H]1C[C@H](C)N1C(=O)[C@@H](C)Nc1ncnc2cc(Cl)ccc12. The Bertz CT molecular complexity index is 712. The molecular formula is C16H19ClN4O. The molecule has 0 bridgehead atoms. The number of carbonyl (C=O) groups excluding carboxylic acids is 1. The summed E-state index contributed by atoms with van der Waals surface area (Å²) >= 11 is 5.99. The molecule has 0 saturated carbocycles. The summed E-state index contributed by atoms with van der Waals surface area (Å²) < 4.78 is 0. The van der Waals surface area contributed by atoms with E-state index in [9.17, 15) is 4.79 Å². The second-order valence-electron chi connectivity index (χ2n) is 5.93. The number of halogens is 1. The van der Waals surface area contributed by atoms with Crippen molar-refractivity contribution >= 4 is 34.2 Å². The summed E-state index contributed by atoms with van der Waals surface area (Å²) in [6.07, 6.45) is 2.54. The summed E-state index contributed by atoms with van der Waals surface area (Å²) in [6, 6.07) is 5.74. The number of nitrogens with zero attached hydrogens (tertiary/aromatic N) is 3. The third-order valence-corrected chi connectivity index (χ3v) is 4.44. The largest absolute Gasteiger partial charge is 0.358 e. The fourth-order valence-corrected chi connectivity index (χ4v) is 3.25. The van der Waals surface area contributed by atoms with E-state index in [1.807, 2.05) is 17.9 Å². The van der Waals surface area contributed by atoms with Gasteiger partial charge in [-0.05, 0) is 45.4 Å². The maximum Gasteiger partial charge on any atom is 0.245 e. The molecular weight excluding hydrogens is 300 g/mol. The molecule has 0 unspecified atom stereocenters. The minimum atomic E-state index is -0.334. The monoisotopic (exact) mass is 318 g/mol. The fourth-order valence-electron chi connectivity index (χ4n) is 3.09. The third kappa shape index (κ3) is 2.61. The second kappa shape index (κ2) is 5.72. The van der Waals surface area contributed by atoms with Gasteiger partial charge in [-0.25, -0.2) is 9.97 Å². The second-order valence-corrected chi connectivity index (χ2v) is 6.37. The Morgan fingerprint density at radius 2 is 2.09 bits per heavy atom. The van der Waals surface area contributed by atoms with Crippen molar-refractivity contribution in [2.45, 2.75) is 45.3 Å². The first-order valence-electron chi connectivity index (χ1n) is 7.46. The fraction of sp³-hybridized carbons (Fsp3) is 0.438. The lowest BCUT2D eigenvalue weighted by atomic mass is 9.94. The number of benzene rings is 1. The topological polar surface area (TPSA) is 58.1 Å². The lowest BCUT2D eigenvalue weighted by Gasteiger charge is -2.46. The number of nitrogens with one attached hydrogen (secondary N) is 1. The van der Waals surface area contributed by atoms with Crippen LogP contribution < -0.4 is 5.32 Å². The molecule has 1 aliphatic rings. The van der Waals surface area contributed by atoms with Gasteiger partial charge >= 0.3 is 0 Å². The molecule has 2 heterocycles. The normalized spacial score (nSPS) is 22.3. The van der Waals surface area contributed by atoms with Gasteiger partial charge in [-0.1, -0.05) is 11.6 Å². The Hall–Kier alpha value is -1.88. The van der Waals surface area contributed by atoms with E-state index >= 15 is 0 Å². The molecule has 0 radical (unpaired) electrons. The lowest BCUT2D eigenvalue weighted by Crippen LogP contribution is -2.59. The predicted octanol–water partition coefficient (Wildman–Crippen LogP) is 3.09. The molecule has 22 heavy (non-hydrogen) atoms. The summed E-state index contributed by atoms with van der Waals surface area (Å²) in [4.78, 5) is 22.9. The van der Waals surface area contributed by atoms with Crippen molar-refractivity contribution in [3.8, 4) is 0 Å². The van der Waals surface area contributed by atoms with Crippen molar-refractivity contribution < 1.29 is 4.79 Å². The average molecular weight is 319 g/mol. The zero-order chi connectivity index (χ0) is 15.9. The van der Waals surface area contributed by atoms with E-state index in [0.717, 1.165) is 17.3 Å². The highest BCUT2D eigenvalue weighted by Gasteiger charge is 2.37. The van der Waals surface area contributed by atoms with Crippen LogP contribution in [-0.2, 0) is 4.79 Å². The maximum absolute atomic E-state index is 12.5. The van der Waals surface area contributed by atoms with E-state index in [0.29, 0.717) is 22.9 Å². The summed E-state index contributed by atoms with van der Waals surface area (Å²) in [5.41, 5.74) is 0.760. The van der Waals surface area contributed by atoms with Crippen molar-refractivity contribution in [3.63, 3.8) is 0 Å². The highest BCUT2D eigenvalue weighted by molar-refractivity contribution is 6.31. The molecule has 1 amide bonds. The molecule has 5 nitrogen and oxygen atoms in total. The van der Waals surface area contributed by atoms with Crippen LogP contribution in [0, 0.1) is 0 Å². The number of anilines is 1. The molecule has 3 rings (SSSR count). The Balaban J connectivity index is 1.82. The standard InChI is InChI=1S/C16H19ClN4O/c1-9-6-10(2)21(9)16(22)11(3)20-15-13-5-4-12(17)7-14(13)18-8-19-15/h4-5,7-11H,6H2,1-3H3,(H,18,19,20)/t9-,10+,11-/m1/s1. The summed E-state index contributed by atoms with van der Waals surface area (Å²) in [5, 5.41) is 4.70. The molecule has 0 spiro atoms. The van der Waals surface area contributed by atoms with E-state index in [2.05, 4.69) is 29.1 Å². The van der Waals surface area contributed by atoms with Gasteiger partial charge in [0.25, 0.3) is 0 Å². The lowest BCUT2D eigenvalue weighted by molar-refractivity contribution is -0.143. The van der Waals surface area contributed by atoms with Crippen LogP contribution in [0.5, 0.6) is 0 Å². The molecule has 1 aromatic carbocycles. The number of rotatable bonds is 3. The zero-order valence-corrected chi connectivity index (χ0v) is 13.6. The third-order valence-electron chi connectivity index (χ3n) is 4.21. The van der Waals surface area contributed by atoms with Crippen LogP contribution in [0.2, 0.25) is 5.02 Å². The van der Waals surface area contributed by atoms with Crippen molar-refractivity contribution in [1.29, 1.82) is 0 Å². The van der Waals surface area contributed by atoms with E-state index in [1.54, 1.807) is 12.1 Å². The highest BCUT2D eigenvalue weighted by atomic mass is 35.5. The summed E-state index contributed by atoms with van der Waals surface area (Å²) in [5.74, 6) is 0.760. The number of carbonyl (C=O) groups is 1.